The standard InChI is InChI=1S/C8H14N6O.ClH/c1-13(8(15)6-3-9-4-6)5-7-10-11-12-14(7)2;/h6,9H,3-5H2,1-2H3;1H. The highest BCUT2D eigenvalue weighted by Gasteiger charge is 2.28. The predicted octanol–water partition coefficient (Wildman–Crippen LogP) is -1.19. The number of carbonyl (C=O) groups excluding carboxylic acids is 1. The summed E-state index contributed by atoms with van der Waals surface area (Å²) < 4.78 is 1.57. The molecule has 16 heavy (non-hydrogen) atoms. The van der Waals surface area contributed by atoms with Gasteiger partial charge < -0.3 is 10.2 Å². The third-order valence-electron chi connectivity index (χ3n) is 2.59. The average molecular weight is 247 g/mol. The number of halogens is 1. The number of aryl methyl sites for hydroxylation is 1. The molecule has 0 atom stereocenters. The van der Waals surface area contributed by atoms with Crippen LogP contribution < -0.4 is 5.32 Å². The maximum Gasteiger partial charge on any atom is 0.228 e. The minimum atomic E-state index is 0. The van der Waals surface area contributed by atoms with Crippen LogP contribution in [-0.4, -0.2) is 51.2 Å². The Hall–Kier alpha value is -1.21. The van der Waals surface area contributed by atoms with Gasteiger partial charge in [-0.15, -0.1) is 17.5 Å². The molecule has 0 saturated carbocycles. The number of carbonyl (C=O) groups is 1. The number of nitrogens with one attached hydrogen (secondary N) is 1. The monoisotopic (exact) mass is 246 g/mol. The van der Waals surface area contributed by atoms with Crippen molar-refractivity contribution in [2.24, 2.45) is 13.0 Å². The summed E-state index contributed by atoms with van der Waals surface area (Å²) in [6.07, 6.45) is 0. The van der Waals surface area contributed by atoms with Crippen molar-refractivity contribution in [3.05, 3.63) is 5.82 Å². The summed E-state index contributed by atoms with van der Waals surface area (Å²) >= 11 is 0. The summed E-state index contributed by atoms with van der Waals surface area (Å²) in [5.74, 6) is 0.964. The fourth-order valence-electron chi connectivity index (χ4n) is 1.45. The second-order valence-electron chi connectivity index (χ2n) is 3.77. The lowest BCUT2D eigenvalue weighted by atomic mass is 10.0. The largest absolute Gasteiger partial charge is 0.338 e. The normalized spacial score (nSPS) is 15.1. The summed E-state index contributed by atoms with van der Waals surface area (Å²) in [4.78, 5) is 13.4. The van der Waals surface area contributed by atoms with Gasteiger partial charge in [0, 0.05) is 27.2 Å². The topological polar surface area (TPSA) is 75.9 Å². The van der Waals surface area contributed by atoms with Crippen molar-refractivity contribution in [3.63, 3.8) is 0 Å². The third kappa shape index (κ3) is 2.48. The molecule has 1 saturated heterocycles. The van der Waals surface area contributed by atoms with E-state index in [0.717, 1.165) is 13.1 Å². The number of hydrogen-bond acceptors (Lipinski definition) is 5. The Labute approximate surface area is 99.6 Å². The van der Waals surface area contributed by atoms with Crippen molar-refractivity contribution in [1.82, 2.24) is 30.4 Å². The molecule has 0 bridgehead atoms. The number of nitrogens with zero attached hydrogens (tertiary/aromatic N) is 5. The van der Waals surface area contributed by atoms with Crippen molar-refractivity contribution in [2.45, 2.75) is 6.54 Å². The highest BCUT2D eigenvalue weighted by Crippen LogP contribution is 2.08. The summed E-state index contributed by atoms with van der Waals surface area (Å²) in [6.45, 7) is 2.01. The van der Waals surface area contributed by atoms with Crippen LogP contribution in [-0.2, 0) is 18.4 Å². The smallest absolute Gasteiger partial charge is 0.228 e. The van der Waals surface area contributed by atoms with Gasteiger partial charge in [0.15, 0.2) is 5.82 Å². The maximum absolute atomic E-state index is 11.8. The zero-order valence-electron chi connectivity index (χ0n) is 9.25. The number of tetrazole rings is 1. The summed E-state index contributed by atoms with van der Waals surface area (Å²) in [5, 5.41) is 14.1. The molecule has 2 rings (SSSR count). The first-order valence-electron chi connectivity index (χ1n) is 4.85. The van der Waals surface area contributed by atoms with Crippen molar-refractivity contribution >= 4 is 18.3 Å². The van der Waals surface area contributed by atoms with Crippen molar-refractivity contribution in [3.8, 4) is 0 Å². The lowest BCUT2D eigenvalue weighted by Gasteiger charge is -2.29. The number of rotatable bonds is 3. The first-order valence-corrected chi connectivity index (χ1v) is 4.85. The first kappa shape index (κ1) is 12.9. The second-order valence-corrected chi connectivity index (χ2v) is 3.77. The van der Waals surface area contributed by atoms with Gasteiger partial charge in [-0.05, 0) is 10.4 Å². The van der Waals surface area contributed by atoms with E-state index in [1.54, 1.807) is 23.7 Å². The molecule has 2 heterocycles. The van der Waals surface area contributed by atoms with Gasteiger partial charge in [0.05, 0.1) is 12.5 Å². The molecular formula is C8H15ClN6O. The Morgan fingerprint density at radius 2 is 2.31 bits per heavy atom. The van der Waals surface area contributed by atoms with E-state index in [1.165, 1.54) is 0 Å². The zero-order valence-corrected chi connectivity index (χ0v) is 10.1. The van der Waals surface area contributed by atoms with Crippen LogP contribution in [0.1, 0.15) is 5.82 Å². The molecule has 1 aromatic rings. The Kier molecular flexibility index (Phi) is 4.19. The van der Waals surface area contributed by atoms with Crippen LogP contribution in [0.25, 0.3) is 0 Å². The van der Waals surface area contributed by atoms with E-state index in [4.69, 9.17) is 0 Å². The van der Waals surface area contributed by atoms with Crippen LogP contribution in [0.2, 0.25) is 0 Å². The molecule has 1 N–H and O–H groups in total. The highest BCUT2D eigenvalue weighted by molar-refractivity contribution is 5.85. The van der Waals surface area contributed by atoms with Gasteiger partial charge >= 0.3 is 0 Å². The number of hydrogen-bond donors (Lipinski definition) is 1. The van der Waals surface area contributed by atoms with Gasteiger partial charge in [-0.2, -0.15) is 0 Å². The third-order valence-corrected chi connectivity index (χ3v) is 2.59. The lowest BCUT2D eigenvalue weighted by Crippen LogP contribution is -2.51. The summed E-state index contributed by atoms with van der Waals surface area (Å²) in [6, 6.07) is 0. The van der Waals surface area contributed by atoms with Crippen molar-refractivity contribution in [2.75, 3.05) is 20.1 Å². The van der Waals surface area contributed by atoms with Gasteiger partial charge in [0.2, 0.25) is 5.91 Å². The predicted molar refractivity (Wildman–Crippen MR) is 58.9 cm³/mol. The molecule has 1 aliphatic rings. The molecule has 0 unspecified atom stereocenters. The number of amides is 1. The Morgan fingerprint density at radius 3 is 2.75 bits per heavy atom. The van der Waals surface area contributed by atoms with Crippen LogP contribution in [0.4, 0.5) is 0 Å². The van der Waals surface area contributed by atoms with Gasteiger partial charge in [-0.25, -0.2) is 4.68 Å². The lowest BCUT2D eigenvalue weighted by molar-refractivity contribution is -0.136. The second kappa shape index (κ2) is 5.22. The van der Waals surface area contributed by atoms with E-state index in [0.29, 0.717) is 12.4 Å². The minimum Gasteiger partial charge on any atom is -0.338 e. The summed E-state index contributed by atoms with van der Waals surface area (Å²) in [7, 11) is 3.54. The maximum atomic E-state index is 11.8. The van der Waals surface area contributed by atoms with E-state index < -0.39 is 0 Å². The van der Waals surface area contributed by atoms with Crippen molar-refractivity contribution < 1.29 is 4.79 Å². The molecule has 0 aliphatic carbocycles. The van der Waals surface area contributed by atoms with E-state index in [2.05, 4.69) is 20.8 Å². The highest BCUT2D eigenvalue weighted by atomic mass is 35.5. The fraction of sp³-hybridized carbons (Fsp3) is 0.750. The van der Waals surface area contributed by atoms with Gasteiger partial charge in [-0.3, -0.25) is 4.79 Å². The molecule has 0 radical (unpaired) electrons. The average Bonchev–Trinajstić information content (AvgIpc) is 2.49. The van der Waals surface area contributed by atoms with E-state index in [-0.39, 0.29) is 24.2 Å². The molecule has 90 valence electrons. The number of aromatic nitrogens is 4. The van der Waals surface area contributed by atoms with E-state index >= 15 is 0 Å². The minimum absolute atomic E-state index is 0. The van der Waals surface area contributed by atoms with Crippen LogP contribution >= 0.6 is 12.4 Å². The first-order chi connectivity index (χ1) is 7.18. The Balaban J connectivity index is 0.00000128. The molecule has 1 aromatic heterocycles. The van der Waals surface area contributed by atoms with Crippen LogP contribution in [0.15, 0.2) is 0 Å². The molecule has 1 amide bonds. The SMILES string of the molecule is CN(Cc1nnnn1C)C(=O)C1CNC1.Cl. The molecule has 7 nitrogen and oxygen atoms in total. The van der Waals surface area contributed by atoms with E-state index in [1.807, 2.05) is 0 Å². The zero-order chi connectivity index (χ0) is 10.8. The Bertz CT molecular complexity index is 363. The fourth-order valence-corrected chi connectivity index (χ4v) is 1.45. The van der Waals surface area contributed by atoms with Gasteiger partial charge in [-0.1, -0.05) is 0 Å². The molecule has 1 fully saturated rings. The molecule has 0 aromatic carbocycles. The Morgan fingerprint density at radius 1 is 1.62 bits per heavy atom. The van der Waals surface area contributed by atoms with E-state index in [9.17, 15) is 4.79 Å². The van der Waals surface area contributed by atoms with Gasteiger partial charge in [0.25, 0.3) is 0 Å². The summed E-state index contributed by atoms with van der Waals surface area (Å²) in [5.41, 5.74) is 0. The van der Waals surface area contributed by atoms with Crippen molar-refractivity contribution in [1.29, 1.82) is 0 Å². The quantitative estimate of drug-likeness (QED) is 0.726. The van der Waals surface area contributed by atoms with Gasteiger partial charge in [0.1, 0.15) is 0 Å². The van der Waals surface area contributed by atoms with Crippen LogP contribution in [0.5, 0.6) is 0 Å². The molecule has 0 spiro atoms. The molecular weight excluding hydrogens is 232 g/mol. The van der Waals surface area contributed by atoms with Crippen LogP contribution in [0.3, 0.4) is 0 Å². The van der Waals surface area contributed by atoms with Crippen LogP contribution in [0, 0.1) is 5.92 Å². The molecule has 8 heteroatoms. The molecule has 1 aliphatic heterocycles.